The number of hydrogen-bond donors (Lipinski definition) is 1. The molecule has 1 aliphatic heterocycles. The van der Waals surface area contributed by atoms with Crippen molar-refractivity contribution in [1.29, 1.82) is 0 Å². The minimum atomic E-state index is -0.272. The zero-order valence-corrected chi connectivity index (χ0v) is 14.4. The van der Waals surface area contributed by atoms with Crippen LogP contribution >= 0.6 is 11.3 Å². The first-order chi connectivity index (χ1) is 12.2. The van der Waals surface area contributed by atoms with Gasteiger partial charge in [0.05, 0.1) is 11.4 Å². The summed E-state index contributed by atoms with van der Waals surface area (Å²) >= 11 is 1.39. The van der Waals surface area contributed by atoms with Crippen LogP contribution < -0.4 is 5.32 Å². The minimum absolute atomic E-state index is 0.211. The normalized spacial score (nSPS) is 16.4. The highest BCUT2D eigenvalue weighted by molar-refractivity contribution is 7.14. The van der Waals surface area contributed by atoms with Gasteiger partial charge in [-0.2, -0.15) is 0 Å². The summed E-state index contributed by atoms with van der Waals surface area (Å²) in [5.74, 6) is -0.272. The molecule has 126 valence electrons. The van der Waals surface area contributed by atoms with Crippen LogP contribution in [0, 0.1) is 0 Å². The number of oxime groups is 1. The van der Waals surface area contributed by atoms with E-state index in [4.69, 9.17) is 4.84 Å². The highest BCUT2D eigenvalue weighted by Gasteiger charge is 2.27. The third-order valence-electron chi connectivity index (χ3n) is 4.03. The van der Waals surface area contributed by atoms with Gasteiger partial charge in [0.2, 0.25) is 0 Å². The van der Waals surface area contributed by atoms with Gasteiger partial charge in [0.15, 0.2) is 11.2 Å². The standard InChI is InChI=1S/C18H16N4O2S/c1-22-9-5-8-15(22)14-11-25-18(19-14)20-17(23)13-10-16(24-21-13)12-6-3-2-4-7-12/h2-9,11,16H,10H2,1H3,(H,19,20,23). The molecule has 0 bridgehead atoms. The summed E-state index contributed by atoms with van der Waals surface area (Å²) in [4.78, 5) is 22.3. The van der Waals surface area contributed by atoms with Crippen molar-refractivity contribution in [3.63, 3.8) is 0 Å². The average molecular weight is 352 g/mol. The monoisotopic (exact) mass is 352 g/mol. The molecule has 2 aromatic heterocycles. The lowest BCUT2D eigenvalue weighted by molar-refractivity contribution is -0.110. The molecule has 1 aromatic carbocycles. The summed E-state index contributed by atoms with van der Waals surface area (Å²) in [7, 11) is 1.96. The van der Waals surface area contributed by atoms with Gasteiger partial charge in [-0.1, -0.05) is 35.5 Å². The quantitative estimate of drug-likeness (QED) is 0.780. The summed E-state index contributed by atoms with van der Waals surface area (Å²) in [6.07, 6.45) is 2.20. The molecule has 1 aliphatic rings. The van der Waals surface area contributed by atoms with Gasteiger partial charge < -0.3 is 9.40 Å². The number of rotatable bonds is 4. The van der Waals surface area contributed by atoms with Gasteiger partial charge in [-0.25, -0.2) is 4.98 Å². The molecule has 4 rings (SSSR count). The molecule has 1 N–H and O–H groups in total. The van der Waals surface area contributed by atoms with Crippen LogP contribution in [0.1, 0.15) is 18.1 Å². The minimum Gasteiger partial charge on any atom is -0.387 e. The van der Waals surface area contributed by atoms with Crippen molar-refractivity contribution < 1.29 is 9.63 Å². The summed E-state index contributed by atoms with van der Waals surface area (Å²) in [6.45, 7) is 0. The fraction of sp³-hybridized carbons (Fsp3) is 0.167. The zero-order chi connectivity index (χ0) is 17.2. The second-order valence-corrected chi connectivity index (χ2v) is 6.60. The van der Waals surface area contributed by atoms with Gasteiger partial charge in [-0.15, -0.1) is 11.3 Å². The number of thiazole rings is 1. The number of aryl methyl sites for hydroxylation is 1. The Morgan fingerprint density at radius 3 is 2.88 bits per heavy atom. The number of benzene rings is 1. The number of nitrogens with zero attached hydrogens (tertiary/aromatic N) is 3. The fourth-order valence-corrected chi connectivity index (χ4v) is 3.40. The lowest BCUT2D eigenvalue weighted by Gasteiger charge is -2.07. The topological polar surface area (TPSA) is 68.5 Å². The van der Waals surface area contributed by atoms with Crippen LogP contribution in [-0.4, -0.2) is 21.2 Å². The van der Waals surface area contributed by atoms with Crippen molar-refractivity contribution in [2.24, 2.45) is 12.2 Å². The maximum Gasteiger partial charge on any atom is 0.275 e. The SMILES string of the molecule is Cn1cccc1-c1csc(NC(=O)C2=NOC(c3ccccc3)C2)n1. The Balaban J connectivity index is 1.42. The second kappa shape index (κ2) is 6.52. The number of aromatic nitrogens is 2. The van der Waals surface area contributed by atoms with Gasteiger partial charge in [0.1, 0.15) is 5.71 Å². The molecule has 7 heteroatoms. The molecule has 1 amide bonds. The Hall–Kier alpha value is -2.93. The fourth-order valence-electron chi connectivity index (χ4n) is 2.70. The first-order valence-corrected chi connectivity index (χ1v) is 8.75. The lowest BCUT2D eigenvalue weighted by Crippen LogP contribution is -2.21. The Morgan fingerprint density at radius 1 is 1.28 bits per heavy atom. The molecule has 25 heavy (non-hydrogen) atoms. The molecule has 0 fully saturated rings. The Labute approximate surface area is 148 Å². The number of carbonyl (C=O) groups is 1. The Kier molecular flexibility index (Phi) is 4.07. The van der Waals surface area contributed by atoms with Crippen molar-refractivity contribution in [2.45, 2.75) is 12.5 Å². The number of amides is 1. The Bertz CT molecular complexity index is 929. The third-order valence-corrected chi connectivity index (χ3v) is 4.79. The predicted molar refractivity (Wildman–Crippen MR) is 97.5 cm³/mol. The highest BCUT2D eigenvalue weighted by atomic mass is 32.1. The molecule has 0 aliphatic carbocycles. The molecule has 1 atom stereocenters. The van der Waals surface area contributed by atoms with E-state index in [1.54, 1.807) is 0 Å². The maximum absolute atomic E-state index is 12.4. The molecule has 3 heterocycles. The van der Waals surface area contributed by atoms with Crippen molar-refractivity contribution in [2.75, 3.05) is 5.32 Å². The number of anilines is 1. The van der Waals surface area contributed by atoms with Gasteiger partial charge in [0.25, 0.3) is 5.91 Å². The van der Waals surface area contributed by atoms with E-state index in [-0.39, 0.29) is 12.0 Å². The number of carbonyl (C=O) groups excluding carboxylic acids is 1. The van der Waals surface area contributed by atoms with Crippen LogP contribution in [0.5, 0.6) is 0 Å². The second-order valence-electron chi connectivity index (χ2n) is 5.74. The van der Waals surface area contributed by atoms with E-state index >= 15 is 0 Å². The van der Waals surface area contributed by atoms with Gasteiger partial charge in [-0.3, -0.25) is 10.1 Å². The maximum atomic E-state index is 12.4. The van der Waals surface area contributed by atoms with E-state index in [0.29, 0.717) is 17.3 Å². The van der Waals surface area contributed by atoms with Crippen LogP contribution in [0.4, 0.5) is 5.13 Å². The largest absolute Gasteiger partial charge is 0.387 e. The van der Waals surface area contributed by atoms with Gasteiger partial charge in [-0.05, 0) is 17.7 Å². The van der Waals surface area contributed by atoms with Crippen LogP contribution in [0.25, 0.3) is 11.4 Å². The third kappa shape index (κ3) is 3.18. The first-order valence-electron chi connectivity index (χ1n) is 7.87. The van der Waals surface area contributed by atoms with Crippen LogP contribution in [0.15, 0.2) is 59.2 Å². The summed E-state index contributed by atoms with van der Waals surface area (Å²) in [6, 6.07) is 13.7. The van der Waals surface area contributed by atoms with Gasteiger partial charge >= 0.3 is 0 Å². The molecule has 1 unspecified atom stereocenters. The molecular weight excluding hydrogens is 336 g/mol. The molecule has 6 nitrogen and oxygen atoms in total. The van der Waals surface area contributed by atoms with Crippen molar-refractivity contribution in [1.82, 2.24) is 9.55 Å². The average Bonchev–Trinajstić information content (AvgIpc) is 3.36. The highest BCUT2D eigenvalue weighted by Crippen LogP contribution is 2.28. The predicted octanol–water partition coefficient (Wildman–Crippen LogP) is 3.60. The van der Waals surface area contributed by atoms with Crippen molar-refractivity contribution in [3.05, 3.63) is 59.6 Å². The van der Waals surface area contributed by atoms with E-state index in [0.717, 1.165) is 17.0 Å². The van der Waals surface area contributed by atoms with E-state index in [9.17, 15) is 4.79 Å². The lowest BCUT2D eigenvalue weighted by atomic mass is 10.0. The van der Waals surface area contributed by atoms with Gasteiger partial charge in [0, 0.05) is 25.0 Å². The summed E-state index contributed by atoms with van der Waals surface area (Å²) in [5, 5.41) is 9.21. The summed E-state index contributed by atoms with van der Waals surface area (Å²) in [5.41, 5.74) is 3.22. The van der Waals surface area contributed by atoms with Crippen LogP contribution in [0.3, 0.4) is 0 Å². The number of hydrogen-bond acceptors (Lipinski definition) is 5. The molecule has 0 spiro atoms. The molecule has 0 radical (unpaired) electrons. The smallest absolute Gasteiger partial charge is 0.275 e. The van der Waals surface area contributed by atoms with E-state index in [2.05, 4.69) is 15.5 Å². The van der Waals surface area contributed by atoms with E-state index < -0.39 is 0 Å². The first kappa shape index (κ1) is 15.6. The van der Waals surface area contributed by atoms with Crippen molar-refractivity contribution in [3.8, 4) is 11.4 Å². The zero-order valence-electron chi connectivity index (χ0n) is 13.5. The van der Waals surface area contributed by atoms with E-state index in [1.807, 2.05) is 65.7 Å². The molecular formula is C18H16N4O2S. The molecule has 0 saturated carbocycles. The van der Waals surface area contributed by atoms with Crippen LogP contribution in [0.2, 0.25) is 0 Å². The molecule has 3 aromatic rings. The molecule has 0 saturated heterocycles. The Morgan fingerprint density at radius 2 is 2.12 bits per heavy atom. The van der Waals surface area contributed by atoms with Crippen molar-refractivity contribution >= 4 is 28.1 Å². The van der Waals surface area contributed by atoms with Crippen LogP contribution in [-0.2, 0) is 16.7 Å². The number of nitrogens with one attached hydrogen (secondary N) is 1. The van der Waals surface area contributed by atoms with E-state index in [1.165, 1.54) is 11.3 Å². The summed E-state index contributed by atoms with van der Waals surface area (Å²) < 4.78 is 1.99.